The molecule has 2 aromatic carbocycles. The van der Waals surface area contributed by atoms with E-state index in [-0.39, 0.29) is 12.1 Å². The monoisotopic (exact) mass is 431 g/mol. The third-order valence-corrected chi connectivity index (χ3v) is 5.15. The van der Waals surface area contributed by atoms with Crippen molar-refractivity contribution in [3.05, 3.63) is 63.9 Å². The molecular formula is C21H23Cl2N5O. The molecule has 29 heavy (non-hydrogen) atoms. The number of nitrogens with one attached hydrogen (secondary N) is 2. The lowest BCUT2D eigenvalue weighted by atomic mass is 10.1. The minimum atomic E-state index is -0.230. The second-order valence-electron chi connectivity index (χ2n) is 7.03. The van der Waals surface area contributed by atoms with E-state index >= 15 is 0 Å². The van der Waals surface area contributed by atoms with Crippen molar-refractivity contribution in [1.29, 1.82) is 0 Å². The van der Waals surface area contributed by atoms with Crippen LogP contribution in [0, 0.1) is 0 Å². The van der Waals surface area contributed by atoms with Crippen molar-refractivity contribution in [2.75, 3.05) is 5.32 Å². The summed E-state index contributed by atoms with van der Waals surface area (Å²) in [5.41, 5.74) is 2.54. The van der Waals surface area contributed by atoms with Gasteiger partial charge in [-0.2, -0.15) is 0 Å². The molecule has 0 aliphatic carbocycles. The first kappa shape index (κ1) is 21.1. The highest BCUT2D eigenvalue weighted by Crippen LogP contribution is 2.26. The topological polar surface area (TPSA) is 71.8 Å². The van der Waals surface area contributed by atoms with Crippen LogP contribution in [0.1, 0.15) is 25.2 Å². The summed E-state index contributed by atoms with van der Waals surface area (Å²) >= 11 is 12.5. The van der Waals surface area contributed by atoms with E-state index in [4.69, 9.17) is 23.2 Å². The molecule has 0 bridgehead atoms. The van der Waals surface area contributed by atoms with E-state index in [0.717, 1.165) is 22.8 Å². The van der Waals surface area contributed by atoms with Crippen LogP contribution in [0.25, 0.3) is 11.4 Å². The van der Waals surface area contributed by atoms with Crippen LogP contribution in [0.15, 0.2) is 42.5 Å². The first-order valence-corrected chi connectivity index (χ1v) is 10.1. The van der Waals surface area contributed by atoms with Crippen LogP contribution in [0.3, 0.4) is 0 Å². The summed E-state index contributed by atoms with van der Waals surface area (Å²) in [5.74, 6) is 1.60. The van der Waals surface area contributed by atoms with Crippen molar-refractivity contribution in [3.63, 3.8) is 0 Å². The molecule has 0 aliphatic heterocycles. The van der Waals surface area contributed by atoms with E-state index in [2.05, 4.69) is 20.8 Å². The molecule has 0 unspecified atom stereocenters. The number of carbonyl (C=O) groups is 1. The van der Waals surface area contributed by atoms with Gasteiger partial charge in [-0.05, 0) is 62.2 Å². The number of nitrogens with zero attached hydrogens (tertiary/aromatic N) is 3. The highest BCUT2D eigenvalue weighted by molar-refractivity contribution is 6.35. The first-order chi connectivity index (χ1) is 13.8. The van der Waals surface area contributed by atoms with Crippen molar-refractivity contribution in [2.24, 2.45) is 7.05 Å². The van der Waals surface area contributed by atoms with Crippen LogP contribution in [-0.2, 0) is 19.9 Å². The standard InChI is InChI=1S/C21H23Cl2N5O/c1-13(2)24-21(29)25-15-9-7-14(8-10-15)20-27-26-19(28(20)3)12-11-16-17(22)5-4-6-18(16)23/h4-10,13H,11-12H2,1-3H3,(H2,24,25,29). The maximum absolute atomic E-state index is 11.8. The lowest BCUT2D eigenvalue weighted by molar-refractivity contribution is 0.250. The Labute approximate surface area is 180 Å². The molecule has 0 fully saturated rings. The molecule has 1 heterocycles. The molecule has 0 saturated carbocycles. The summed E-state index contributed by atoms with van der Waals surface area (Å²) in [5, 5.41) is 15.5. The number of hydrogen-bond acceptors (Lipinski definition) is 3. The summed E-state index contributed by atoms with van der Waals surface area (Å²) in [6.07, 6.45) is 1.35. The number of urea groups is 1. The Hall–Kier alpha value is -2.57. The predicted molar refractivity (Wildman–Crippen MR) is 118 cm³/mol. The van der Waals surface area contributed by atoms with E-state index in [1.165, 1.54) is 0 Å². The van der Waals surface area contributed by atoms with Crippen LogP contribution in [0.4, 0.5) is 10.5 Å². The van der Waals surface area contributed by atoms with Crippen molar-refractivity contribution in [1.82, 2.24) is 20.1 Å². The Morgan fingerprint density at radius 1 is 1.03 bits per heavy atom. The van der Waals surface area contributed by atoms with Gasteiger partial charge in [0.25, 0.3) is 0 Å². The summed E-state index contributed by atoms with van der Waals surface area (Å²) < 4.78 is 1.96. The lowest BCUT2D eigenvalue weighted by Gasteiger charge is -2.10. The molecule has 2 amide bonds. The van der Waals surface area contributed by atoms with Crippen LogP contribution >= 0.6 is 23.2 Å². The van der Waals surface area contributed by atoms with Gasteiger partial charge in [-0.1, -0.05) is 29.3 Å². The molecule has 3 aromatic rings. The van der Waals surface area contributed by atoms with Gasteiger partial charge in [-0.25, -0.2) is 4.79 Å². The van der Waals surface area contributed by atoms with Crippen molar-refractivity contribution >= 4 is 34.9 Å². The van der Waals surface area contributed by atoms with Gasteiger partial charge in [0.1, 0.15) is 5.82 Å². The fourth-order valence-electron chi connectivity index (χ4n) is 2.97. The number of amides is 2. The zero-order valence-corrected chi connectivity index (χ0v) is 18.1. The average Bonchev–Trinajstić information content (AvgIpc) is 3.02. The van der Waals surface area contributed by atoms with Crippen molar-refractivity contribution in [2.45, 2.75) is 32.7 Å². The molecule has 6 nitrogen and oxygen atoms in total. The van der Waals surface area contributed by atoms with E-state index in [9.17, 15) is 4.79 Å². The smallest absolute Gasteiger partial charge is 0.319 e. The van der Waals surface area contributed by atoms with Crippen LogP contribution in [0.5, 0.6) is 0 Å². The number of hydrogen-bond donors (Lipinski definition) is 2. The maximum Gasteiger partial charge on any atom is 0.319 e. The minimum Gasteiger partial charge on any atom is -0.336 e. The van der Waals surface area contributed by atoms with Gasteiger partial charge in [0.2, 0.25) is 0 Å². The van der Waals surface area contributed by atoms with E-state index in [0.29, 0.717) is 28.6 Å². The van der Waals surface area contributed by atoms with Gasteiger partial charge in [0.05, 0.1) is 0 Å². The number of aromatic nitrogens is 3. The molecule has 0 saturated heterocycles. The third-order valence-electron chi connectivity index (χ3n) is 4.45. The Balaban J connectivity index is 1.69. The van der Waals surface area contributed by atoms with Gasteiger partial charge in [0.15, 0.2) is 5.82 Å². The normalized spacial score (nSPS) is 11.0. The quantitative estimate of drug-likeness (QED) is 0.569. The number of carbonyl (C=O) groups excluding carboxylic acids is 1. The zero-order valence-electron chi connectivity index (χ0n) is 16.5. The predicted octanol–water partition coefficient (Wildman–Crippen LogP) is 5.10. The SMILES string of the molecule is CC(C)NC(=O)Nc1ccc(-c2nnc(CCc3c(Cl)cccc3Cl)n2C)cc1. The zero-order chi connectivity index (χ0) is 21.0. The molecule has 1 aromatic heterocycles. The second-order valence-corrected chi connectivity index (χ2v) is 7.84. The highest BCUT2D eigenvalue weighted by atomic mass is 35.5. The summed E-state index contributed by atoms with van der Waals surface area (Å²) in [6.45, 7) is 3.82. The molecule has 0 atom stereocenters. The molecule has 8 heteroatoms. The van der Waals surface area contributed by atoms with E-state index < -0.39 is 0 Å². The molecule has 0 spiro atoms. The number of aryl methyl sites for hydroxylation is 1. The minimum absolute atomic E-state index is 0.0759. The Morgan fingerprint density at radius 2 is 1.69 bits per heavy atom. The molecule has 152 valence electrons. The summed E-state index contributed by atoms with van der Waals surface area (Å²) in [7, 11) is 1.93. The Morgan fingerprint density at radius 3 is 2.31 bits per heavy atom. The molecule has 2 N–H and O–H groups in total. The first-order valence-electron chi connectivity index (χ1n) is 9.34. The van der Waals surface area contributed by atoms with Crippen LogP contribution < -0.4 is 10.6 Å². The molecule has 0 radical (unpaired) electrons. The van der Waals surface area contributed by atoms with Crippen LogP contribution in [-0.4, -0.2) is 26.8 Å². The number of anilines is 1. The van der Waals surface area contributed by atoms with E-state index in [1.54, 1.807) is 0 Å². The van der Waals surface area contributed by atoms with Gasteiger partial charge in [-0.15, -0.1) is 10.2 Å². The average molecular weight is 432 g/mol. The van der Waals surface area contributed by atoms with Gasteiger partial charge in [-0.3, -0.25) is 0 Å². The number of benzene rings is 2. The number of rotatable bonds is 6. The molecular weight excluding hydrogens is 409 g/mol. The van der Waals surface area contributed by atoms with Gasteiger partial charge < -0.3 is 15.2 Å². The summed E-state index contributed by atoms with van der Waals surface area (Å²) in [6, 6.07) is 12.8. The Kier molecular flexibility index (Phi) is 6.77. The van der Waals surface area contributed by atoms with Crippen LogP contribution in [0.2, 0.25) is 10.0 Å². The lowest BCUT2D eigenvalue weighted by Crippen LogP contribution is -2.34. The van der Waals surface area contributed by atoms with Gasteiger partial charge >= 0.3 is 6.03 Å². The molecule has 0 aliphatic rings. The van der Waals surface area contributed by atoms with Crippen molar-refractivity contribution in [3.8, 4) is 11.4 Å². The fraction of sp³-hybridized carbons (Fsp3) is 0.286. The highest BCUT2D eigenvalue weighted by Gasteiger charge is 2.13. The Bertz CT molecular complexity index is 979. The van der Waals surface area contributed by atoms with Gasteiger partial charge in [0, 0.05) is 40.8 Å². The number of halogens is 2. The largest absolute Gasteiger partial charge is 0.336 e. The molecule has 3 rings (SSSR count). The fourth-order valence-corrected chi connectivity index (χ4v) is 3.56. The van der Waals surface area contributed by atoms with Crippen molar-refractivity contribution < 1.29 is 4.79 Å². The third kappa shape index (κ3) is 5.28. The van der Waals surface area contributed by atoms with E-state index in [1.807, 2.05) is 67.9 Å². The summed E-state index contributed by atoms with van der Waals surface area (Å²) in [4.78, 5) is 11.8. The maximum atomic E-state index is 11.8. The second kappa shape index (κ2) is 9.29.